The molecule has 0 aromatic heterocycles. The van der Waals surface area contributed by atoms with Gasteiger partial charge in [0.1, 0.15) is 0 Å². The molecule has 4 nitrogen and oxygen atoms in total. The van der Waals surface area contributed by atoms with Crippen molar-refractivity contribution in [1.29, 1.82) is 0 Å². The fourth-order valence-corrected chi connectivity index (χ4v) is 1.63. The quantitative estimate of drug-likeness (QED) is 0.833. The summed E-state index contributed by atoms with van der Waals surface area (Å²) in [6.07, 6.45) is 0. The summed E-state index contributed by atoms with van der Waals surface area (Å²) in [5.41, 5.74) is 0.513. The van der Waals surface area contributed by atoms with Crippen molar-refractivity contribution in [2.75, 3.05) is 12.3 Å². The molecule has 1 rings (SSSR count). The predicted molar refractivity (Wildman–Crippen MR) is 62.8 cm³/mol. The zero-order valence-electron chi connectivity index (χ0n) is 8.72. The predicted octanol–water partition coefficient (Wildman–Crippen LogP) is 0.975. The van der Waals surface area contributed by atoms with Crippen molar-refractivity contribution in [3.8, 4) is 0 Å². The summed E-state index contributed by atoms with van der Waals surface area (Å²) in [7, 11) is -3.25. The Labute approximate surface area is 94.9 Å². The van der Waals surface area contributed by atoms with E-state index in [9.17, 15) is 13.2 Å². The van der Waals surface area contributed by atoms with Crippen molar-refractivity contribution in [2.45, 2.75) is 0 Å². The molecular weight excluding hydrogens is 226 g/mol. The van der Waals surface area contributed by atoms with Crippen molar-refractivity contribution >= 4 is 15.7 Å². The van der Waals surface area contributed by atoms with E-state index < -0.39 is 9.84 Å². The smallest absolute Gasteiger partial charge is 0.251 e. The summed E-state index contributed by atoms with van der Waals surface area (Å²) in [6.45, 7) is 3.27. The average Bonchev–Trinajstić information content (AvgIpc) is 2.30. The van der Waals surface area contributed by atoms with Crippen LogP contribution in [0.3, 0.4) is 0 Å². The van der Waals surface area contributed by atoms with Gasteiger partial charge in [-0.15, -0.1) is 0 Å². The minimum Gasteiger partial charge on any atom is -0.351 e. The lowest BCUT2D eigenvalue weighted by atomic mass is 10.2. The summed E-state index contributed by atoms with van der Waals surface area (Å²) in [5.74, 6) is -0.408. The number of nitrogens with one attached hydrogen (secondary N) is 1. The van der Waals surface area contributed by atoms with Gasteiger partial charge in [-0.1, -0.05) is 24.8 Å². The van der Waals surface area contributed by atoms with Crippen molar-refractivity contribution < 1.29 is 13.2 Å². The molecule has 1 aromatic carbocycles. The second kappa shape index (κ2) is 5.46. The van der Waals surface area contributed by atoms with E-state index in [-0.39, 0.29) is 18.2 Å². The highest BCUT2D eigenvalue weighted by molar-refractivity contribution is 7.94. The van der Waals surface area contributed by atoms with Gasteiger partial charge < -0.3 is 5.32 Å². The van der Waals surface area contributed by atoms with Crippen LogP contribution in [0.4, 0.5) is 0 Å². The van der Waals surface area contributed by atoms with E-state index in [0.717, 1.165) is 5.41 Å². The Morgan fingerprint density at radius 3 is 2.50 bits per heavy atom. The Hall–Kier alpha value is -1.62. The molecule has 0 radical (unpaired) electrons. The van der Waals surface area contributed by atoms with Crippen LogP contribution in [-0.2, 0) is 9.84 Å². The Morgan fingerprint density at radius 1 is 1.31 bits per heavy atom. The van der Waals surface area contributed by atoms with Crippen LogP contribution < -0.4 is 5.32 Å². The minimum atomic E-state index is -3.25. The van der Waals surface area contributed by atoms with Crippen LogP contribution in [0.1, 0.15) is 10.4 Å². The van der Waals surface area contributed by atoms with Crippen LogP contribution in [-0.4, -0.2) is 26.6 Å². The third-order valence-electron chi connectivity index (χ3n) is 1.96. The van der Waals surface area contributed by atoms with Gasteiger partial charge in [-0.3, -0.25) is 4.79 Å². The number of hydrogen-bond acceptors (Lipinski definition) is 3. The first kappa shape index (κ1) is 12.4. The zero-order chi connectivity index (χ0) is 12.0. The van der Waals surface area contributed by atoms with Gasteiger partial charge in [-0.25, -0.2) is 8.42 Å². The van der Waals surface area contributed by atoms with Gasteiger partial charge in [0.15, 0.2) is 9.84 Å². The average molecular weight is 239 g/mol. The molecule has 0 bridgehead atoms. The van der Waals surface area contributed by atoms with Crippen molar-refractivity contribution in [1.82, 2.24) is 5.32 Å². The summed E-state index contributed by atoms with van der Waals surface area (Å²) < 4.78 is 22.1. The lowest BCUT2D eigenvalue weighted by Gasteiger charge is -2.03. The first-order valence-electron chi connectivity index (χ1n) is 4.73. The number of benzene rings is 1. The largest absolute Gasteiger partial charge is 0.351 e. The fourth-order valence-electron chi connectivity index (χ4n) is 1.08. The molecule has 0 saturated carbocycles. The van der Waals surface area contributed by atoms with E-state index >= 15 is 0 Å². The lowest BCUT2D eigenvalue weighted by molar-refractivity contribution is 0.0956. The molecule has 16 heavy (non-hydrogen) atoms. The number of rotatable bonds is 5. The minimum absolute atomic E-state index is 0.0854. The van der Waals surface area contributed by atoms with Gasteiger partial charge in [0, 0.05) is 17.5 Å². The molecule has 0 aliphatic heterocycles. The molecule has 0 atom stereocenters. The zero-order valence-corrected chi connectivity index (χ0v) is 9.53. The van der Waals surface area contributed by atoms with Crippen molar-refractivity contribution in [3.63, 3.8) is 0 Å². The third kappa shape index (κ3) is 3.86. The van der Waals surface area contributed by atoms with Gasteiger partial charge in [-0.2, -0.15) is 0 Å². The van der Waals surface area contributed by atoms with Gasteiger partial charge in [0.05, 0.1) is 5.75 Å². The monoisotopic (exact) mass is 239 g/mol. The first-order chi connectivity index (χ1) is 7.55. The molecule has 0 heterocycles. The number of hydrogen-bond donors (Lipinski definition) is 1. The topological polar surface area (TPSA) is 63.2 Å². The van der Waals surface area contributed by atoms with Gasteiger partial charge in [0.25, 0.3) is 5.91 Å². The Bertz CT molecular complexity index is 465. The molecule has 0 aliphatic rings. The van der Waals surface area contributed by atoms with E-state index in [4.69, 9.17) is 0 Å². The normalized spacial score (nSPS) is 10.8. The van der Waals surface area contributed by atoms with Gasteiger partial charge in [-0.05, 0) is 12.1 Å². The summed E-state index contributed by atoms with van der Waals surface area (Å²) in [5, 5.41) is 3.41. The molecule has 1 amide bonds. The molecule has 86 valence electrons. The second-order valence-electron chi connectivity index (χ2n) is 3.16. The maximum Gasteiger partial charge on any atom is 0.251 e. The SMILES string of the molecule is C=CS(=O)(=O)CCNC(=O)c1ccccc1. The molecule has 0 spiro atoms. The molecule has 1 N–H and O–H groups in total. The molecular formula is C11H13NO3S. The van der Waals surface area contributed by atoms with Gasteiger partial charge >= 0.3 is 0 Å². The Kier molecular flexibility index (Phi) is 4.25. The Balaban J connectivity index is 2.46. The third-order valence-corrected chi connectivity index (χ3v) is 3.24. The molecule has 0 aliphatic carbocycles. The number of amides is 1. The number of carbonyl (C=O) groups excluding carboxylic acids is 1. The standard InChI is InChI=1S/C11H13NO3S/c1-2-16(14,15)9-8-12-11(13)10-6-4-3-5-7-10/h2-7H,1,8-9H2,(H,12,13). The van der Waals surface area contributed by atoms with Crippen LogP contribution in [0.5, 0.6) is 0 Å². The van der Waals surface area contributed by atoms with E-state index in [1.54, 1.807) is 30.3 Å². The summed E-state index contributed by atoms with van der Waals surface area (Å²) in [6, 6.07) is 8.62. The highest BCUT2D eigenvalue weighted by Gasteiger charge is 2.07. The van der Waals surface area contributed by atoms with Crippen LogP contribution in [0.15, 0.2) is 42.3 Å². The van der Waals surface area contributed by atoms with E-state index in [1.165, 1.54) is 0 Å². The van der Waals surface area contributed by atoms with E-state index in [2.05, 4.69) is 11.9 Å². The van der Waals surface area contributed by atoms with Crippen molar-refractivity contribution in [2.24, 2.45) is 0 Å². The van der Waals surface area contributed by atoms with E-state index in [0.29, 0.717) is 5.56 Å². The molecule has 0 fully saturated rings. The maximum atomic E-state index is 11.5. The van der Waals surface area contributed by atoms with Crippen LogP contribution in [0.2, 0.25) is 0 Å². The molecule has 0 unspecified atom stereocenters. The maximum absolute atomic E-state index is 11.5. The van der Waals surface area contributed by atoms with Crippen LogP contribution >= 0.6 is 0 Å². The van der Waals surface area contributed by atoms with Crippen LogP contribution in [0.25, 0.3) is 0 Å². The van der Waals surface area contributed by atoms with Crippen LogP contribution in [0, 0.1) is 0 Å². The molecule has 5 heteroatoms. The highest BCUT2D eigenvalue weighted by Crippen LogP contribution is 1.97. The summed E-state index contributed by atoms with van der Waals surface area (Å²) >= 11 is 0. The lowest BCUT2D eigenvalue weighted by Crippen LogP contribution is -2.28. The number of sulfone groups is 1. The fraction of sp³-hybridized carbons (Fsp3) is 0.182. The molecule has 0 saturated heterocycles. The van der Waals surface area contributed by atoms with E-state index in [1.807, 2.05) is 0 Å². The number of carbonyl (C=O) groups is 1. The Morgan fingerprint density at radius 2 is 1.94 bits per heavy atom. The highest BCUT2D eigenvalue weighted by atomic mass is 32.2. The van der Waals surface area contributed by atoms with Crippen molar-refractivity contribution in [3.05, 3.63) is 47.9 Å². The first-order valence-corrected chi connectivity index (χ1v) is 6.45. The van der Waals surface area contributed by atoms with Gasteiger partial charge in [0.2, 0.25) is 0 Å². The second-order valence-corrected chi connectivity index (χ2v) is 5.22. The summed E-state index contributed by atoms with van der Waals surface area (Å²) in [4.78, 5) is 11.5. The molecule has 1 aromatic rings.